The molecule has 0 aromatic heterocycles. The van der Waals surface area contributed by atoms with E-state index >= 15 is 0 Å². The fraction of sp³-hybridized carbons (Fsp3) is 0.625. The number of thiocarbonyl (C=S) groups is 1. The van der Waals surface area contributed by atoms with Crippen molar-refractivity contribution in [1.82, 2.24) is 4.90 Å². The van der Waals surface area contributed by atoms with Gasteiger partial charge in [0.1, 0.15) is 4.32 Å². The van der Waals surface area contributed by atoms with Gasteiger partial charge in [0.25, 0.3) is 6.08 Å². The molecular formula is C8H13F2NS2. The zero-order chi connectivity index (χ0) is 10.4. The molecule has 0 aliphatic rings. The highest BCUT2D eigenvalue weighted by molar-refractivity contribution is 8.22. The lowest BCUT2D eigenvalue weighted by atomic mass is 10.3. The van der Waals surface area contributed by atoms with Crippen LogP contribution in [0.3, 0.4) is 0 Å². The van der Waals surface area contributed by atoms with E-state index < -0.39 is 6.08 Å². The molecule has 0 aliphatic heterocycles. The van der Waals surface area contributed by atoms with E-state index in [-0.39, 0.29) is 5.57 Å². The summed E-state index contributed by atoms with van der Waals surface area (Å²) in [5.74, 6) is 0.611. The third-order valence-electron chi connectivity index (χ3n) is 1.39. The second-order valence-electron chi connectivity index (χ2n) is 2.80. The molecule has 13 heavy (non-hydrogen) atoms. The van der Waals surface area contributed by atoms with E-state index in [0.29, 0.717) is 12.2 Å². The van der Waals surface area contributed by atoms with Crippen LogP contribution in [0.5, 0.6) is 0 Å². The Morgan fingerprint density at radius 3 is 2.31 bits per heavy atom. The largest absolute Gasteiger partial charge is 0.364 e. The number of halogens is 2. The number of nitrogens with zero attached hydrogens (tertiary/aromatic N) is 1. The van der Waals surface area contributed by atoms with Gasteiger partial charge >= 0.3 is 0 Å². The lowest BCUT2D eigenvalue weighted by molar-refractivity contribution is 0.409. The SMILES string of the molecule is CC(CCSC(=S)N(C)C)=C(F)F. The topological polar surface area (TPSA) is 3.24 Å². The number of hydrogen-bond acceptors (Lipinski definition) is 2. The summed E-state index contributed by atoms with van der Waals surface area (Å²) in [7, 11) is 3.68. The highest BCUT2D eigenvalue weighted by atomic mass is 32.2. The van der Waals surface area contributed by atoms with Crippen LogP contribution in [0.1, 0.15) is 13.3 Å². The van der Waals surface area contributed by atoms with Crippen molar-refractivity contribution in [2.75, 3.05) is 19.8 Å². The summed E-state index contributed by atoms with van der Waals surface area (Å²) in [6.07, 6.45) is -1.18. The van der Waals surface area contributed by atoms with E-state index in [9.17, 15) is 8.78 Å². The summed E-state index contributed by atoms with van der Waals surface area (Å²) < 4.78 is 24.6. The standard InChI is InChI=1S/C8H13F2NS2/c1-6(7(9)10)4-5-13-8(12)11(2)3/h4-5H2,1-3H3. The Morgan fingerprint density at radius 2 is 1.92 bits per heavy atom. The third kappa shape index (κ3) is 5.99. The Kier molecular flexibility index (Phi) is 6.24. The highest BCUT2D eigenvalue weighted by Crippen LogP contribution is 2.15. The second-order valence-corrected chi connectivity index (χ2v) is 4.53. The number of hydrogen-bond donors (Lipinski definition) is 0. The predicted octanol–water partition coefficient (Wildman–Crippen LogP) is 3.13. The Bertz CT molecular complexity index is 210. The molecule has 0 unspecified atom stereocenters. The minimum Gasteiger partial charge on any atom is -0.364 e. The summed E-state index contributed by atoms with van der Waals surface area (Å²) in [6, 6.07) is 0. The van der Waals surface area contributed by atoms with E-state index in [4.69, 9.17) is 12.2 Å². The molecule has 0 aromatic carbocycles. The van der Waals surface area contributed by atoms with Crippen LogP contribution in [-0.2, 0) is 0 Å². The molecule has 0 atom stereocenters. The molecule has 76 valence electrons. The summed E-state index contributed by atoms with van der Waals surface area (Å²) in [4.78, 5) is 1.80. The van der Waals surface area contributed by atoms with Crippen molar-refractivity contribution >= 4 is 28.3 Å². The normalized spacial score (nSPS) is 9.62. The molecule has 0 saturated heterocycles. The highest BCUT2D eigenvalue weighted by Gasteiger charge is 2.02. The summed E-state index contributed by atoms with van der Waals surface area (Å²) in [5.41, 5.74) is 0.147. The van der Waals surface area contributed by atoms with Gasteiger partial charge < -0.3 is 4.90 Å². The summed E-state index contributed by atoms with van der Waals surface area (Å²) in [6.45, 7) is 1.44. The molecular weight excluding hydrogens is 212 g/mol. The van der Waals surface area contributed by atoms with Gasteiger partial charge in [-0.05, 0) is 18.9 Å². The molecule has 1 nitrogen and oxygen atoms in total. The van der Waals surface area contributed by atoms with Gasteiger partial charge in [-0.25, -0.2) is 0 Å². The van der Waals surface area contributed by atoms with E-state index in [1.165, 1.54) is 18.7 Å². The summed E-state index contributed by atoms with van der Waals surface area (Å²) >= 11 is 6.40. The maximum absolute atomic E-state index is 11.9. The van der Waals surface area contributed by atoms with Crippen molar-refractivity contribution < 1.29 is 8.78 Å². The van der Waals surface area contributed by atoms with Crippen LogP contribution in [0.15, 0.2) is 11.7 Å². The summed E-state index contributed by atoms with van der Waals surface area (Å²) in [5, 5.41) is 0. The van der Waals surface area contributed by atoms with Gasteiger partial charge in [-0.1, -0.05) is 24.0 Å². The smallest absolute Gasteiger partial charge is 0.269 e. The maximum atomic E-state index is 11.9. The van der Waals surface area contributed by atoms with Crippen LogP contribution in [0.4, 0.5) is 8.78 Å². The van der Waals surface area contributed by atoms with Crippen molar-refractivity contribution in [2.24, 2.45) is 0 Å². The molecule has 0 amide bonds. The first kappa shape index (κ1) is 12.8. The van der Waals surface area contributed by atoms with Gasteiger partial charge in [-0.15, -0.1) is 0 Å². The van der Waals surface area contributed by atoms with Crippen molar-refractivity contribution in [2.45, 2.75) is 13.3 Å². The van der Waals surface area contributed by atoms with E-state index in [2.05, 4.69) is 0 Å². The van der Waals surface area contributed by atoms with Gasteiger partial charge in [0.05, 0.1) is 0 Å². The lowest BCUT2D eigenvalue weighted by Crippen LogP contribution is -2.16. The maximum Gasteiger partial charge on any atom is 0.269 e. The fourth-order valence-electron chi connectivity index (χ4n) is 0.515. The number of rotatable bonds is 3. The van der Waals surface area contributed by atoms with Gasteiger partial charge in [0.2, 0.25) is 0 Å². The van der Waals surface area contributed by atoms with Gasteiger partial charge in [0, 0.05) is 19.8 Å². The molecule has 0 fully saturated rings. The van der Waals surface area contributed by atoms with Gasteiger partial charge in [0.15, 0.2) is 0 Å². The zero-order valence-corrected chi connectivity index (χ0v) is 9.57. The zero-order valence-electron chi connectivity index (χ0n) is 7.93. The van der Waals surface area contributed by atoms with Crippen molar-refractivity contribution in [3.8, 4) is 0 Å². The fourth-order valence-corrected chi connectivity index (χ4v) is 1.61. The van der Waals surface area contributed by atoms with E-state index in [1.807, 2.05) is 14.1 Å². The van der Waals surface area contributed by atoms with Gasteiger partial charge in [-0.3, -0.25) is 0 Å². The van der Waals surface area contributed by atoms with Crippen LogP contribution in [0.2, 0.25) is 0 Å². The van der Waals surface area contributed by atoms with E-state index in [0.717, 1.165) is 4.32 Å². The molecule has 5 heteroatoms. The Balaban J connectivity index is 3.70. The van der Waals surface area contributed by atoms with Crippen LogP contribution < -0.4 is 0 Å². The average molecular weight is 225 g/mol. The molecule has 0 aromatic rings. The molecule has 0 aliphatic carbocycles. The molecule has 0 bridgehead atoms. The molecule has 0 spiro atoms. The van der Waals surface area contributed by atoms with Crippen LogP contribution in [0, 0.1) is 0 Å². The van der Waals surface area contributed by atoms with Gasteiger partial charge in [-0.2, -0.15) is 8.78 Å². The monoisotopic (exact) mass is 225 g/mol. The Hall–Kier alpha value is -0.160. The molecule has 0 rings (SSSR count). The Morgan fingerprint density at radius 1 is 1.38 bits per heavy atom. The van der Waals surface area contributed by atoms with E-state index in [1.54, 1.807) is 4.90 Å². The number of thioether (sulfide) groups is 1. The minimum absolute atomic E-state index is 0.147. The first-order valence-corrected chi connectivity index (χ1v) is 5.19. The third-order valence-corrected chi connectivity index (χ3v) is 3.13. The van der Waals surface area contributed by atoms with Crippen molar-refractivity contribution in [1.29, 1.82) is 0 Å². The van der Waals surface area contributed by atoms with Crippen LogP contribution >= 0.6 is 24.0 Å². The predicted molar refractivity (Wildman–Crippen MR) is 58.3 cm³/mol. The lowest BCUT2D eigenvalue weighted by Gasteiger charge is -2.12. The number of allylic oxidation sites excluding steroid dienone is 1. The first-order chi connectivity index (χ1) is 5.95. The van der Waals surface area contributed by atoms with Crippen molar-refractivity contribution in [3.63, 3.8) is 0 Å². The van der Waals surface area contributed by atoms with Crippen LogP contribution in [-0.4, -0.2) is 29.1 Å². The quantitative estimate of drug-likeness (QED) is 0.679. The second kappa shape index (κ2) is 6.32. The first-order valence-electron chi connectivity index (χ1n) is 3.80. The molecule has 0 N–H and O–H groups in total. The molecule has 0 saturated carbocycles. The van der Waals surface area contributed by atoms with Crippen LogP contribution in [0.25, 0.3) is 0 Å². The Labute approximate surface area is 87.2 Å². The molecule has 0 heterocycles. The molecule has 0 radical (unpaired) electrons. The average Bonchev–Trinajstić information content (AvgIpc) is 2.03. The minimum atomic E-state index is -1.57. The van der Waals surface area contributed by atoms with Crippen molar-refractivity contribution in [3.05, 3.63) is 11.7 Å².